The van der Waals surface area contributed by atoms with Gasteiger partial charge in [0, 0.05) is 6.54 Å². The maximum atomic E-state index is 12.7. The minimum Gasteiger partial charge on any atom is -0.465 e. The zero-order valence-electron chi connectivity index (χ0n) is 18.1. The minimum atomic E-state index is -3.86. The number of nitrogens with zero attached hydrogens (tertiary/aromatic N) is 1. The summed E-state index contributed by atoms with van der Waals surface area (Å²) in [5.74, 6) is -0.624. The zero-order valence-corrected chi connectivity index (χ0v) is 18.9. The molecule has 170 valence electrons. The van der Waals surface area contributed by atoms with Crippen molar-refractivity contribution in [2.75, 3.05) is 13.2 Å². The summed E-state index contributed by atoms with van der Waals surface area (Å²) in [5.41, 5.74) is 11.6. The van der Waals surface area contributed by atoms with Crippen LogP contribution in [-0.4, -0.2) is 39.5 Å². The number of benzene rings is 1. The predicted octanol–water partition coefficient (Wildman–Crippen LogP) is 2.60. The second-order valence-electron chi connectivity index (χ2n) is 7.37. The Morgan fingerprint density at radius 3 is 2.33 bits per heavy atom. The predicted molar refractivity (Wildman–Crippen MR) is 120 cm³/mol. The summed E-state index contributed by atoms with van der Waals surface area (Å²) in [6, 6.07) is 5.44. The van der Waals surface area contributed by atoms with Gasteiger partial charge in [-0.1, -0.05) is 56.7 Å². The minimum absolute atomic E-state index is 0.0440. The van der Waals surface area contributed by atoms with E-state index in [-0.39, 0.29) is 23.9 Å². The number of nitrogens with two attached hydrogens (primary N) is 2. The zero-order chi connectivity index (χ0) is 22.4. The van der Waals surface area contributed by atoms with Crippen LogP contribution in [0.25, 0.3) is 0 Å². The van der Waals surface area contributed by atoms with E-state index in [2.05, 4.69) is 16.6 Å². The van der Waals surface area contributed by atoms with E-state index in [0.717, 1.165) is 24.8 Å². The van der Waals surface area contributed by atoms with Crippen LogP contribution in [0.2, 0.25) is 0 Å². The molecule has 0 aliphatic heterocycles. The van der Waals surface area contributed by atoms with Crippen LogP contribution in [-0.2, 0) is 19.6 Å². The first kappa shape index (κ1) is 25.9. The summed E-state index contributed by atoms with van der Waals surface area (Å²) in [6.07, 6.45) is 7.08. The highest BCUT2D eigenvalue weighted by Gasteiger charge is 2.26. The van der Waals surface area contributed by atoms with Gasteiger partial charge in [-0.2, -0.15) is 4.72 Å². The van der Waals surface area contributed by atoms with Crippen molar-refractivity contribution in [3.05, 3.63) is 29.8 Å². The second-order valence-corrected chi connectivity index (χ2v) is 9.08. The first-order valence-electron chi connectivity index (χ1n) is 10.6. The molecule has 1 aromatic carbocycles. The van der Waals surface area contributed by atoms with Gasteiger partial charge in [-0.05, 0) is 38.3 Å². The number of carbonyl (C=O) groups excluding carboxylic acids is 1. The van der Waals surface area contributed by atoms with E-state index in [9.17, 15) is 13.2 Å². The lowest BCUT2D eigenvalue weighted by molar-refractivity contribution is -0.146. The van der Waals surface area contributed by atoms with E-state index in [4.69, 9.17) is 16.2 Å². The van der Waals surface area contributed by atoms with E-state index in [0.29, 0.717) is 13.0 Å². The summed E-state index contributed by atoms with van der Waals surface area (Å²) in [4.78, 5) is 16.5. The fourth-order valence-corrected chi connectivity index (χ4v) is 4.08. The molecule has 1 aromatic rings. The Kier molecular flexibility index (Phi) is 12.1. The van der Waals surface area contributed by atoms with Gasteiger partial charge in [0.15, 0.2) is 5.96 Å². The number of aryl methyl sites for hydroxylation is 1. The quantitative estimate of drug-likeness (QED) is 0.166. The first-order valence-corrected chi connectivity index (χ1v) is 12.1. The fraction of sp³-hybridized carbons (Fsp3) is 0.619. The van der Waals surface area contributed by atoms with Gasteiger partial charge in [-0.25, -0.2) is 8.42 Å². The van der Waals surface area contributed by atoms with Crippen molar-refractivity contribution >= 4 is 22.0 Å². The smallest absolute Gasteiger partial charge is 0.324 e. The summed E-state index contributed by atoms with van der Waals surface area (Å²) in [5, 5.41) is 0. The first-order chi connectivity index (χ1) is 14.3. The molecule has 5 N–H and O–H groups in total. The number of guanidine groups is 1. The van der Waals surface area contributed by atoms with Gasteiger partial charge < -0.3 is 16.2 Å². The molecule has 30 heavy (non-hydrogen) atoms. The van der Waals surface area contributed by atoms with E-state index in [1.165, 1.54) is 31.4 Å². The van der Waals surface area contributed by atoms with Crippen LogP contribution in [0.15, 0.2) is 34.2 Å². The highest BCUT2D eigenvalue weighted by molar-refractivity contribution is 7.89. The lowest BCUT2D eigenvalue weighted by Crippen LogP contribution is -2.42. The number of ether oxygens (including phenoxy) is 1. The highest BCUT2D eigenvalue weighted by atomic mass is 32.2. The molecule has 0 spiro atoms. The van der Waals surface area contributed by atoms with Gasteiger partial charge in [-0.3, -0.25) is 9.79 Å². The maximum absolute atomic E-state index is 12.7. The van der Waals surface area contributed by atoms with Gasteiger partial charge in [-0.15, -0.1) is 0 Å². The van der Waals surface area contributed by atoms with Crippen molar-refractivity contribution in [1.29, 1.82) is 0 Å². The summed E-state index contributed by atoms with van der Waals surface area (Å²) < 4.78 is 33.2. The summed E-state index contributed by atoms with van der Waals surface area (Å²) in [6.45, 7) is 4.61. The van der Waals surface area contributed by atoms with Crippen molar-refractivity contribution < 1.29 is 17.9 Å². The van der Waals surface area contributed by atoms with Crippen LogP contribution < -0.4 is 16.2 Å². The van der Waals surface area contributed by atoms with E-state index < -0.39 is 22.0 Å². The second kappa shape index (κ2) is 14.0. The third-order valence-corrected chi connectivity index (χ3v) is 6.09. The molecule has 0 bridgehead atoms. The molecule has 0 aliphatic rings. The third kappa shape index (κ3) is 10.6. The SMILES string of the molecule is CCCCCCCCOC(=O)[C@H](CCCN=C(N)N)NS(=O)(=O)c1ccc(C)cc1. The third-order valence-electron chi connectivity index (χ3n) is 4.60. The Hall–Kier alpha value is -2.13. The van der Waals surface area contributed by atoms with Crippen molar-refractivity contribution in [1.82, 2.24) is 4.72 Å². The van der Waals surface area contributed by atoms with Crippen LogP contribution in [0.1, 0.15) is 63.9 Å². The molecule has 1 rings (SSSR count). The molecular weight excluding hydrogens is 404 g/mol. The molecule has 0 unspecified atom stereocenters. The number of sulfonamides is 1. The topological polar surface area (TPSA) is 137 Å². The standard InChI is InChI=1S/C21H36N4O4S/c1-3-4-5-6-7-8-16-29-20(26)19(10-9-15-24-21(22)23)25-30(27,28)18-13-11-17(2)12-14-18/h11-14,19,25H,3-10,15-16H2,1-2H3,(H4,22,23,24)/t19-/m0/s1. The molecule has 9 heteroatoms. The number of unbranched alkanes of at least 4 members (excludes halogenated alkanes) is 5. The van der Waals surface area contributed by atoms with Crippen molar-refractivity contribution in [3.63, 3.8) is 0 Å². The molecule has 0 radical (unpaired) electrons. The molecular formula is C21H36N4O4S. The molecule has 0 aliphatic carbocycles. The van der Waals surface area contributed by atoms with Crippen LogP contribution in [0, 0.1) is 6.92 Å². The number of esters is 1. The van der Waals surface area contributed by atoms with Gasteiger partial charge in [0.05, 0.1) is 11.5 Å². The lowest BCUT2D eigenvalue weighted by atomic mass is 10.1. The van der Waals surface area contributed by atoms with Crippen molar-refractivity contribution in [2.45, 2.75) is 76.2 Å². The van der Waals surface area contributed by atoms with Crippen molar-refractivity contribution in [3.8, 4) is 0 Å². The molecule has 0 aromatic heterocycles. The van der Waals surface area contributed by atoms with Crippen LogP contribution >= 0.6 is 0 Å². The van der Waals surface area contributed by atoms with Gasteiger partial charge in [0.25, 0.3) is 0 Å². The Morgan fingerprint density at radius 1 is 1.07 bits per heavy atom. The van der Waals surface area contributed by atoms with Gasteiger partial charge >= 0.3 is 5.97 Å². The Morgan fingerprint density at radius 2 is 1.70 bits per heavy atom. The molecule has 0 saturated heterocycles. The number of carbonyl (C=O) groups is 1. The molecule has 8 nitrogen and oxygen atoms in total. The van der Waals surface area contributed by atoms with E-state index >= 15 is 0 Å². The van der Waals surface area contributed by atoms with Crippen LogP contribution in [0.5, 0.6) is 0 Å². The number of nitrogens with one attached hydrogen (secondary N) is 1. The maximum Gasteiger partial charge on any atom is 0.324 e. The van der Waals surface area contributed by atoms with Crippen LogP contribution in [0.3, 0.4) is 0 Å². The number of hydrogen-bond donors (Lipinski definition) is 3. The molecule has 0 amide bonds. The average molecular weight is 441 g/mol. The number of hydrogen-bond acceptors (Lipinski definition) is 5. The largest absolute Gasteiger partial charge is 0.465 e. The monoisotopic (exact) mass is 440 g/mol. The number of rotatable bonds is 15. The molecule has 0 fully saturated rings. The highest BCUT2D eigenvalue weighted by Crippen LogP contribution is 2.13. The van der Waals surface area contributed by atoms with E-state index in [1.807, 2.05) is 6.92 Å². The fourth-order valence-electron chi connectivity index (χ4n) is 2.86. The molecule has 1 atom stereocenters. The summed E-state index contributed by atoms with van der Waals surface area (Å²) in [7, 11) is -3.86. The Bertz CT molecular complexity index is 760. The number of aliphatic imine (C=N–C) groups is 1. The van der Waals surface area contributed by atoms with Crippen molar-refractivity contribution in [2.24, 2.45) is 16.5 Å². The van der Waals surface area contributed by atoms with Gasteiger partial charge in [0.1, 0.15) is 6.04 Å². The normalized spacial score (nSPS) is 12.3. The molecule has 0 saturated carbocycles. The summed E-state index contributed by atoms with van der Waals surface area (Å²) >= 11 is 0. The van der Waals surface area contributed by atoms with E-state index in [1.54, 1.807) is 12.1 Å². The molecule has 0 heterocycles. The van der Waals surface area contributed by atoms with Gasteiger partial charge in [0.2, 0.25) is 10.0 Å². The van der Waals surface area contributed by atoms with Crippen LogP contribution in [0.4, 0.5) is 0 Å². The average Bonchev–Trinajstić information content (AvgIpc) is 2.69. The Balaban J connectivity index is 2.67. The lowest BCUT2D eigenvalue weighted by Gasteiger charge is -2.18. The Labute approximate surface area is 180 Å².